The zero-order chi connectivity index (χ0) is 19.4. The van der Waals surface area contributed by atoms with Gasteiger partial charge in [-0.25, -0.2) is 8.42 Å². The number of nitrogens with one attached hydrogen (secondary N) is 1. The maximum absolute atomic E-state index is 12.2. The number of carbonyl (C=O) groups is 1. The van der Waals surface area contributed by atoms with E-state index < -0.39 is 15.1 Å². The summed E-state index contributed by atoms with van der Waals surface area (Å²) in [6.45, 7) is 4.66. The number of benzene rings is 2. The molecule has 0 aliphatic heterocycles. The maximum Gasteiger partial charge on any atom is 0.251 e. The minimum Gasteiger partial charge on any atom is -0.352 e. The van der Waals surface area contributed by atoms with E-state index >= 15 is 0 Å². The van der Waals surface area contributed by atoms with E-state index in [1.54, 1.807) is 26.0 Å². The van der Waals surface area contributed by atoms with E-state index in [1.807, 2.05) is 12.1 Å². The van der Waals surface area contributed by atoms with Crippen molar-refractivity contribution >= 4 is 26.6 Å². The Labute approximate surface area is 159 Å². The SMILES string of the molecule is CC(C)S(=O)(=O)c1ccc(C(=O)NCCCn2ccc3ccccc32)cc1. The number of aryl methyl sites for hydroxylation is 1. The van der Waals surface area contributed by atoms with Gasteiger partial charge in [-0.15, -0.1) is 0 Å². The average Bonchev–Trinajstić information content (AvgIpc) is 3.08. The highest BCUT2D eigenvalue weighted by Gasteiger charge is 2.19. The molecule has 1 N–H and O–H groups in total. The summed E-state index contributed by atoms with van der Waals surface area (Å²) in [5, 5.41) is 3.61. The molecule has 0 atom stereocenters. The van der Waals surface area contributed by atoms with Gasteiger partial charge >= 0.3 is 0 Å². The summed E-state index contributed by atoms with van der Waals surface area (Å²) in [5.74, 6) is -0.194. The predicted molar refractivity (Wildman–Crippen MR) is 108 cm³/mol. The van der Waals surface area contributed by atoms with Crippen molar-refractivity contribution in [1.29, 1.82) is 0 Å². The molecule has 1 aromatic heterocycles. The van der Waals surface area contributed by atoms with Crippen molar-refractivity contribution in [3.05, 3.63) is 66.4 Å². The quantitative estimate of drug-likeness (QED) is 0.632. The molecule has 0 aliphatic rings. The minimum atomic E-state index is -3.32. The number of para-hydroxylation sites is 1. The van der Waals surface area contributed by atoms with Gasteiger partial charge in [0.1, 0.15) is 0 Å². The van der Waals surface area contributed by atoms with Crippen LogP contribution in [0.25, 0.3) is 10.9 Å². The van der Waals surface area contributed by atoms with Crippen molar-refractivity contribution in [2.24, 2.45) is 0 Å². The lowest BCUT2D eigenvalue weighted by molar-refractivity contribution is 0.0952. The van der Waals surface area contributed by atoms with E-state index in [1.165, 1.54) is 23.0 Å². The topological polar surface area (TPSA) is 68.2 Å². The molecule has 1 amide bonds. The van der Waals surface area contributed by atoms with Crippen LogP contribution in [0.1, 0.15) is 30.6 Å². The first kappa shape index (κ1) is 19.2. The molecule has 0 fully saturated rings. The summed E-state index contributed by atoms with van der Waals surface area (Å²) in [5.41, 5.74) is 1.65. The number of hydrogen-bond donors (Lipinski definition) is 1. The monoisotopic (exact) mass is 384 g/mol. The second kappa shape index (κ2) is 7.96. The lowest BCUT2D eigenvalue weighted by Gasteiger charge is -2.09. The van der Waals surface area contributed by atoms with Gasteiger partial charge in [0, 0.05) is 30.4 Å². The molecule has 5 nitrogen and oxygen atoms in total. The lowest BCUT2D eigenvalue weighted by atomic mass is 10.2. The standard InChI is InChI=1S/C21H24N2O3S/c1-16(2)27(25,26)19-10-8-18(9-11-19)21(24)22-13-5-14-23-15-12-17-6-3-4-7-20(17)23/h3-4,6-12,15-16H,5,13-14H2,1-2H3,(H,22,24). The number of aromatic nitrogens is 1. The molecule has 0 unspecified atom stereocenters. The van der Waals surface area contributed by atoms with Crippen LogP contribution in [0.2, 0.25) is 0 Å². The molecule has 6 heteroatoms. The second-order valence-corrected chi connectivity index (χ2v) is 9.30. The van der Waals surface area contributed by atoms with Crippen LogP contribution in [0.4, 0.5) is 0 Å². The summed E-state index contributed by atoms with van der Waals surface area (Å²) in [6.07, 6.45) is 2.87. The highest BCUT2D eigenvalue weighted by Crippen LogP contribution is 2.17. The van der Waals surface area contributed by atoms with Crippen LogP contribution in [-0.4, -0.2) is 30.7 Å². The second-order valence-electron chi connectivity index (χ2n) is 6.80. The van der Waals surface area contributed by atoms with Crippen LogP contribution in [0.3, 0.4) is 0 Å². The van der Waals surface area contributed by atoms with E-state index in [-0.39, 0.29) is 10.8 Å². The molecular formula is C21H24N2O3S. The number of fused-ring (bicyclic) bond motifs is 1. The Kier molecular flexibility index (Phi) is 5.65. The summed E-state index contributed by atoms with van der Waals surface area (Å²) < 4.78 is 26.4. The average molecular weight is 385 g/mol. The normalized spacial score (nSPS) is 11.8. The first-order chi connectivity index (χ1) is 12.9. The number of nitrogens with zero attached hydrogens (tertiary/aromatic N) is 1. The molecule has 3 aromatic rings. The van der Waals surface area contributed by atoms with Crippen molar-refractivity contribution in [2.45, 2.75) is 37.0 Å². The predicted octanol–water partition coefficient (Wildman–Crippen LogP) is 3.64. The Bertz CT molecular complexity index is 1030. The number of hydrogen-bond acceptors (Lipinski definition) is 3. The Balaban J connectivity index is 1.54. The van der Waals surface area contributed by atoms with Crippen molar-refractivity contribution in [3.8, 4) is 0 Å². The molecule has 3 rings (SSSR count). The van der Waals surface area contributed by atoms with E-state index in [0.717, 1.165) is 13.0 Å². The van der Waals surface area contributed by atoms with Crippen molar-refractivity contribution in [2.75, 3.05) is 6.54 Å². The Hall–Kier alpha value is -2.60. The lowest BCUT2D eigenvalue weighted by Crippen LogP contribution is -2.25. The van der Waals surface area contributed by atoms with Crippen molar-refractivity contribution in [3.63, 3.8) is 0 Å². The molecule has 0 saturated heterocycles. The van der Waals surface area contributed by atoms with Gasteiger partial charge in [-0.2, -0.15) is 0 Å². The first-order valence-electron chi connectivity index (χ1n) is 9.05. The number of carbonyl (C=O) groups excluding carboxylic acids is 1. The first-order valence-corrected chi connectivity index (χ1v) is 10.6. The van der Waals surface area contributed by atoms with Crippen LogP contribution >= 0.6 is 0 Å². The summed E-state index contributed by atoms with van der Waals surface area (Å²) in [7, 11) is -3.32. The zero-order valence-corrected chi connectivity index (χ0v) is 16.4. The Morgan fingerprint density at radius 2 is 1.74 bits per heavy atom. The minimum absolute atomic E-state index is 0.194. The van der Waals surface area contributed by atoms with Gasteiger partial charge in [-0.3, -0.25) is 4.79 Å². The van der Waals surface area contributed by atoms with Gasteiger partial charge in [0.15, 0.2) is 9.84 Å². The highest BCUT2D eigenvalue weighted by molar-refractivity contribution is 7.92. The van der Waals surface area contributed by atoms with E-state index in [2.05, 4.69) is 34.3 Å². The smallest absolute Gasteiger partial charge is 0.251 e. The van der Waals surface area contributed by atoms with Crippen LogP contribution in [0.15, 0.2) is 65.7 Å². The van der Waals surface area contributed by atoms with Crippen LogP contribution in [0, 0.1) is 0 Å². The van der Waals surface area contributed by atoms with Crippen LogP contribution in [0.5, 0.6) is 0 Å². The molecule has 0 radical (unpaired) electrons. The molecule has 142 valence electrons. The third-order valence-corrected chi connectivity index (χ3v) is 6.78. The van der Waals surface area contributed by atoms with Gasteiger partial charge in [0.25, 0.3) is 5.91 Å². The molecule has 0 spiro atoms. The van der Waals surface area contributed by atoms with Gasteiger partial charge in [0.2, 0.25) is 0 Å². The summed E-state index contributed by atoms with van der Waals surface area (Å²) in [4.78, 5) is 12.5. The van der Waals surface area contributed by atoms with E-state index in [0.29, 0.717) is 12.1 Å². The third kappa shape index (κ3) is 4.22. The number of amides is 1. The van der Waals surface area contributed by atoms with Crippen LogP contribution < -0.4 is 5.32 Å². The summed E-state index contributed by atoms with van der Waals surface area (Å²) in [6, 6.07) is 16.4. The number of sulfone groups is 1. The molecular weight excluding hydrogens is 360 g/mol. The fraction of sp³-hybridized carbons (Fsp3) is 0.286. The molecule has 0 bridgehead atoms. The molecule has 1 heterocycles. The van der Waals surface area contributed by atoms with Crippen molar-refractivity contribution < 1.29 is 13.2 Å². The molecule has 0 saturated carbocycles. The Morgan fingerprint density at radius 1 is 1.04 bits per heavy atom. The van der Waals surface area contributed by atoms with Gasteiger partial charge in [-0.1, -0.05) is 18.2 Å². The van der Waals surface area contributed by atoms with Gasteiger partial charge in [-0.05, 0) is 62.1 Å². The van der Waals surface area contributed by atoms with Crippen LogP contribution in [-0.2, 0) is 16.4 Å². The maximum atomic E-state index is 12.2. The third-order valence-electron chi connectivity index (χ3n) is 4.61. The van der Waals surface area contributed by atoms with E-state index in [9.17, 15) is 13.2 Å². The Morgan fingerprint density at radius 3 is 2.44 bits per heavy atom. The summed E-state index contributed by atoms with van der Waals surface area (Å²) >= 11 is 0. The molecule has 0 aliphatic carbocycles. The fourth-order valence-corrected chi connectivity index (χ4v) is 4.02. The molecule has 27 heavy (non-hydrogen) atoms. The van der Waals surface area contributed by atoms with Gasteiger partial charge < -0.3 is 9.88 Å². The van der Waals surface area contributed by atoms with E-state index in [4.69, 9.17) is 0 Å². The molecule has 2 aromatic carbocycles. The number of rotatable bonds is 7. The largest absolute Gasteiger partial charge is 0.352 e. The highest BCUT2D eigenvalue weighted by atomic mass is 32.2. The fourth-order valence-electron chi connectivity index (χ4n) is 2.96. The van der Waals surface area contributed by atoms with Gasteiger partial charge in [0.05, 0.1) is 10.1 Å². The van der Waals surface area contributed by atoms with Crippen molar-refractivity contribution in [1.82, 2.24) is 9.88 Å². The zero-order valence-electron chi connectivity index (χ0n) is 15.6.